The summed E-state index contributed by atoms with van der Waals surface area (Å²) in [6.45, 7) is 1.45. The first-order chi connectivity index (χ1) is 9.22. The number of carbonyl (C=O) groups excluding carboxylic acids is 1. The summed E-state index contributed by atoms with van der Waals surface area (Å²) in [6.07, 6.45) is 0. The third-order valence-corrected chi connectivity index (χ3v) is 3.29. The first-order valence-electron chi connectivity index (χ1n) is 5.61. The van der Waals surface area contributed by atoms with Crippen LogP contribution >= 0.6 is 23.2 Å². The number of anilines is 1. The molecule has 0 aliphatic heterocycles. The number of rotatable bonds is 4. The second kappa shape index (κ2) is 6.76. The second-order valence-corrected chi connectivity index (χ2v) is 5.11. The van der Waals surface area contributed by atoms with Crippen molar-refractivity contribution in [2.45, 2.75) is 6.92 Å². The van der Waals surface area contributed by atoms with E-state index < -0.39 is 23.7 Å². The molecule has 0 heterocycles. The Morgan fingerprint density at radius 1 is 1.40 bits per heavy atom. The molecule has 20 heavy (non-hydrogen) atoms. The third-order valence-electron chi connectivity index (χ3n) is 2.57. The summed E-state index contributed by atoms with van der Waals surface area (Å²) in [6, 6.07) is 1.53. The number of hydrogen-bond donors (Lipinski definition) is 2. The van der Waals surface area contributed by atoms with Crippen LogP contribution in [0.15, 0.2) is 12.1 Å². The molecule has 8 heteroatoms. The normalized spacial score (nSPS) is 11.8. The molecular weight excluding hydrogens is 310 g/mol. The van der Waals surface area contributed by atoms with E-state index in [2.05, 4.69) is 5.32 Å². The van der Waals surface area contributed by atoms with E-state index in [4.69, 9.17) is 28.3 Å². The lowest BCUT2D eigenvalue weighted by atomic mass is 10.2. The molecule has 1 rings (SSSR count). The van der Waals surface area contributed by atoms with E-state index in [0.29, 0.717) is 0 Å². The Morgan fingerprint density at radius 2 is 1.95 bits per heavy atom. The summed E-state index contributed by atoms with van der Waals surface area (Å²) in [7, 11) is 1.41. The van der Waals surface area contributed by atoms with Crippen molar-refractivity contribution in [2.24, 2.45) is 5.92 Å². The van der Waals surface area contributed by atoms with Gasteiger partial charge in [-0.2, -0.15) is 0 Å². The fourth-order valence-corrected chi connectivity index (χ4v) is 1.71. The number of carboxylic acids is 1. The molecule has 1 unspecified atom stereocenters. The number of hydrogen-bond acceptors (Lipinski definition) is 2. The predicted octanol–water partition coefficient (Wildman–Crippen LogP) is 3.32. The highest BCUT2D eigenvalue weighted by molar-refractivity contribution is 6.42. The average Bonchev–Trinajstić information content (AvgIpc) is 2.35. The van der Waals surface area contributed by atoms with Crippen molar-refractivity contribution in [1.29, 1.82) is 0 Å². The Hall–Kier alpha value is -1.53. The zero-order valence-electron chi connectivity index (χ0n) is 10.8. The summed E-state index contributed by atoms with van der Waals surface area (Å²) in [4.78, 5) is 23.6. The minimum absolute atomic E-state index is 0.00981. The number of carbonyl (C=O) groups is 2. The lowest BCUT2D eigenvalue weighted by Crippen LogP contribution is -2.36. The Balaban J connectivity index is 2.76. The van der Waals surface area contributed by atoms with Crippen LogP contribution in [0.25, 0.3) is 0 Å². The van der Waals surface area contributed by atoms with Crippen molar-refractivity contribution >= 4 is 40.9 Å². The molecule has 0 aliphatic rings. The topological polar surface area (TPSA) is 69.6 Å². The maximum atomic E-state index is 13.6. The molecule has 0 aliphatic carbocycles. The fourth-order valence-electron chi connectivity index (χ4n) is 1.40. The number of nitrogens with zero attached hydrogens (tertiary/aromatic N) is 1. The van der Waals surface area contributed by atoms with Crippen LogP contribution in [0, 0.1) is 11.7 Å². The summed E-state index contributed by atoms with van der Waals surface area (Å²) in [5.74, 6) is -2.48. The lowest BCUT2D eigenvalue weighted by Gasteiger charge is -2.20. The Labute approximate surface area is 125 Å². The molecular formula is C12H13Cl2FN2O3. The number of halogens is 3. The van der Waals surface area contributed by atoms with Gasteiger partial charge in [0, 0.05) is 13.6 Å². The molecule has 1 aromatic carbocycles. The minimum atomic E-state index is -1.02. The van der Waals surface area contributed by atoms with Crippen LogP contribution in [0.2, 0.25) is 10.0 Å². The van der Waals surface area contributed by atoms with E-state index in [1.165, 1.54) is 20.0 Å². The highest BCUT2D eigenvalue weighted by Crippen LogP contribution is 2.28. The number of benzene rings is 1. The van der Waals surface area contributed by atoms with Gasteiger partial charge in [0.05, 0.1) is 21.7 Å². The molecule has 0 spiro atoms. The van der Waals surface area contributed by atoms with Crippen LogP contribution in [0.5, 0.6) is 0 Å². The lowest BCUT2D eigenvalue weighted by molar-refractivity contribution is -0.141. The van der Waals surface area contributed by atoms with Crippen molar-refractivity contribution in [3.8, 4) is 0 Å². The summed E-state index contributed by atoms with van der Waals surface area (Å²) in [5.41, 5.74) is -0.126. The molecule has 0 aromatic heterocycles. The third kappa shape index (κ3) is 4.25. The van der Waals surface area contributed by atoms with E-state index in [-0.39, 0.29) is 22.3 Å². The van der Waals surface area contributed by atoms with Crippen molar-refractivity contribution in [3.63, 3.8) is 0 Å². The fraction of sp³-hybridized carbons (Fsp3) is 0.333. The maximum absolute atomic E-state index is 13.6. The van der Waals surface area contributed by atoms with Crippen molar-refractivity contribution < 1.29 is 19.1 Å². The minimum Gasteiger partial charge on any atom is -0.481 e. The van der Waals surface area contributed by atoms with Gasteiger partial charge >= 0.3 is 12.0 Å². The summed E-state index contributed by atoms with van der Waals surface area (Å²) in [5, 5.41) is 11.2. The monoisotopic (exact) mass is 322 g/mol. The van der Waals surface area contributed by atoms with Gasteiger partial charge in [-0.15, -0.1) is 0 Å². The summed E-state index contributed by atoms with van der Waals surface area (Å²) >= 11 is 11.4. The molecule has 1 aromatic rings. The van der Waals surface area contributed by atoms with Gasteiger partial charge in [-0.1, -0.05) is 30.1 Å². The molecule has 5 nitrogen and oxygen atoms in total. The Bertz CT molecular complexity index is 540. The van der Waals surface area contributed by atoms with Crippen LogP contribution in [0.3, 0.4) is 0 Å². The summed E-state index contributed by atoms with van der Waals surface area (Å²) < 4.78 is 13.6. The molecule has 0 bridgehead atoms. The zero-order valence-corrected chi connectivity index (χ0v) is 12.3. The number of nitrogens with one attached hydrogen (secondary N) is 1. The molecule has 2 amide bonds. The van der Waals surface area contributed by atoms with Gasteiger partial charge in [-0.05, 0) is 12.1 Å². The van der Waals surface area contributed by atoms with Crippen LogP contribution in [0.4, 0.5) is 14.9 Å². The van der Waals surface area contributed by atoms with E-state index in [9.17, 15) is 14.0 Å². The molecule has 0 fully saturated rings. The van der Waals surface area contributed by atoms with E-state index in [1.54, 1.807) is 0 Å². The van der Waals surface area contributed by atoms with Crippen molar-refractivity contribution in [3.05, 3.63) is 28.0 Å². The van der Waals surface area contributed by atoms with Gasteiger partial charge in [-0.3, -0.25) is 4.79 Å². The number of amides is 2. The quantitative estimate of drug-likeness (QED) is 0.835. The number of urea groups is 1. The highest BCUT2D eigenvalue weighted by atomic mass is 35.5. The van der Waals surface area contributed by atoms with E-state index >= 15 is 0 Å². The van der Waals surface area contributed by atoms with Gasteiger partial charge in [0.15, 0.2) is 0 Å². The standard InChI is InChI=1S/C12H13Cl2FN2O3/c1-6(11(18)19)5-17(2)12(20)16-10-4-8(14)7(13)3-9(10)15/h3-4,6H,5H2,1-2H3,(H,16,20)(H,18,19). The predicted molar refractivity (Wildman–Crippen MR) is 74.9 cm³/mol. The van der Waals surface area contributed by atoms with Gasteiger partial charge in [-0.25, -0.2) is 9.18 Å². The largest absolute Gasteiger partial charge is 0.481 e. The zero-order chi connectivity index (χ0) is 15.4. The second-order valence-electron chi connectivity index (χ2n) is 4.30. The first-order valence-corrected chi connectivity index (χ1v) is 6.37. The Morgan fingerprint density at radius 3 is 2.50 bits per heavy atom. The smallest absolute Gasteiger partial charge is 0.321 e. The average molecular weight is 323 g/mol. The molecule has 0 radical (unpaired) electrons. The van der Waals surface area contributed by atoms with Gasteiger partial charge < -0.3 is 15.3 Å². The van der Waals surface area contributed by atoms with E-state index in [0.717, 1.165) is 11.0 Å². The maximum Gasteiger partial charge on any atom is 0.321 e. The van der Waals surface area contributed by atoms with Gasteiger partial charge in [0.25, 0.3) is 0 Å². The molecule has 0 saturated carbocycles. The number of carboxylic acid groups (broad SMARTS) is 1. The number of aliphatic carboxylic acids is 1. The van der Waals surface area contributed by atoms with E-state index in [1.807, 2.05) is 0 Å². The van der Waals surface area contributed by atoms with Crippen LogP contribution in [-0.2, 0) is 4.79 Å². The Kier molecular flexibility index (Phi) is 5.59. The molecule has 2 N–H and O–H groups in total. The van der Waals surface area contributed by atoms with Gasteiger partial charge in [0.2, 0.25) is 0 Å². The van der Waals surface area contributed by atoms with Crippen molar-refractivity contribution in [2.75, 3.05) is 18.9 Å². The van der Waals surface area contributed by atoms with Crippen LogP contribution in [0.1, 0.15) is 6.92 Å². The molecule has 0 saturated heterocycles. The van der Waals surface area contributed by atoms with Crippen LogP contribution in [-0.4, -0.2) is 35.6 Å². The highest BCUT2D eigenvalue weighted by Gasteiger charge is 2.18. The van der Waals surface area contributed by atoms with Gasteiger partial charge in [0.1, 0.15) is 5.82 Å². The first kappa shape index (κ1) is 16.5. The molecule has 1 atom stereocenters. The van der Waals surface area contributed by atoms with Crippen molar-refractivity contribution in [1.82, 2.24) is 4.90 Å². The molecule has 110 valence electrons. The van der Waals surface area contributed by atoms with Crippen LogP contribution < -0.4 is 5.32 Å². The SMILES string of the molecule is CC(CN(C)C(=O)Nc1cc(Cl)c(Cl)cc1F)C(=O)O.